The molecule has 2 aliphatic rings. The first kappa shape index (κ1) is 18.2. The molecule has 1 aromatic rings. The molecule has 0 atom stereocenters. The Kier molecular flexibility index (Phi) is 5.99. The third kappa shape index (κ3) is 4.97. The van der Waals surface area contributed by atoms with E-state index in [2.05, 4.69) is 22.2 Å². The molecule has 2 aliphatic heterocycles. The van der Waals surface area contributed by atoms with Crippen LogP contribution in [-0.2, 0) is 11.3 Å². The zero-order chi connectivity index (χ0) is 17.8. The van der Waals surface area contributed by atoms with Gasteiger partial charge >= 0.3 is 0 Å². The SMILES string of the molecule is CN1CCC(NC(=O)C2=C(N)CCN(Cc3ccc(Cl)cc3)C2)CC1. The van der Waals surface area contributed by atoms with Crippen molar-refractivity contribution >= 4 is 17.5 Å². The van der Waals surface area contributed by atoms with Crippen LogP contribution in [0, 0.1) is 0 Å². The van der Waals surface area contributed by atoms with Crippen molar-refractivity contribution in [3.05, 3.63) is 46.1 Å². The number of halogens is 1. The molecular formula is C19H27ClN4O. The molecule has 3 rings (SSSR count). The molecule has 1 amide bonds. The molecule has 136 valence electrons. The summed E-state index contributed by atoms with van der Waals surface area (Å²) in [7, 11) is 2.12. The zero-order valence-corrected chi connectivity index (χ0v) is 15.6. The molecule has 0 aliphatic carbocycles. The standard InChI is InChI=1S/C19H27ClN4O/c1-23-9-6-16(7-10-23)22-19(25)17-13-24(11-8-18(17)21)12-14-2-4-15(20)5-3-14/h2-5,16H,6-13,21H2,1H3,(H,22,25). The van der Waals surface area contributed by atoms with Gasteiger partial charge in [0.1, 0.15) is 0 Å². The Hall–Kier alpha value is -1.56. The number of amides is 1. The highest BCUT2D eigenvalue weighted by Gasteiger charge is 2.25. The number of hydrogen-bond donors (Lipinski definition) is 2. The molecule has 1 saturated heterocycles. The van der Waals surface area contributed by atoms with E-state index in [4.69, 9.17) is 17.3 Å². The van der Waals surface area contributed by atoms with Gasteiger partial charge in [0.25, 0.3) is 0 Å². The lowest BCUT2D eigenvalue weighted by atomic mass is 10.0. The number of likely N-dealkylation sites (tertiary alicyclic amines) is 1. The first-order valence-electron chi connectivity index (χ1n) is 8.95. The van der Waals surface area contributed by atoms with Crippen molar-refractivity contribution in [3.8, 4) is 0 Å². The van der Waals surface area contributed by atoms with E-state index in [0.29, 0.717) is 6.54 Å². The van der Waals surface area contributed by atoms with Crippen LogP contribution in [0.4, 0.5) is 0 Å². The largest absolute Gasteiger partial charge is 0.402 e. The van der Waals surface area contributed by atoms with Crippen LogP contribution in [0.3, 0.4) is 0 Å². The number of carbonyl (C=O) groups excluding carboxylic acids is 1. The minimum Gasteiger partial charge on any atom is -0.402 e. The summed E-state index contributed by atoms with van der Waals surface area (Å²) in [6.45, 7) is 4.34. The van der Waals surface area contributed by atoms with Gasteiger partial charge in [-0.05, 0) is 50.7 Å². The van der Waals surface area contributed by atoms with Crippen molar-refractivity contribution in [1.29, 1.82) is 0 Å². The highest BCUT2D eigenvalue weighted by molar-refractivity contribution is 6.30. The van der Waals surface area contributed by atoms with Crippen LogP contribution in [0.2, 0.25) is 5.02 Å². The molecule has 5 nitrogen and oxygen atoms in total. The quantitative estimate of drug-likeness (QED) is 0.859. The summed E-state index contributed by atoms with van der Waals surface area (Å²) in [6.07, 6.45) is 2.75. The molecular weight excluding hydrogens is 336 g/mol. The Bertz CT molecular complexity index is 635. The van der Waals surface area contributed by atoms with Gasteiger partial charge in [-0.1, -0.05) is 23.7 Å². The molecule has 0 radical (unpaired) electrons. The summed E-state index contributed by atoms with van der Waals surface area (Å²) < 4.78 is 0. The minimum atomic E-state index is 0.00728. The molecule has 1 aromatic carbocycles. The second-order valence-electron chi connectivity index (χ2n) is 7.14. The van der Waals surface area contributed by atoms with E-state index in [-0.39, 0.29) is 11.9 Å². The number of nitrogens with two attached hydrogens (primary N) is 1. The maximum atomic E-state index is 12.7. The van der Waals surface area contributed by atoms with E-state index in [1.807, 2.05) is 24.3 Å². The monoisotopic (exact) mass is 362 g/mol. The molecule has 0 aromatic heterocycles. The maximum absolute atomic E-state index is 12.7. The highest BCUT2D eigenvalue weighted by atomic mass is 35.5. The molecule has 25 heavy (non-hydrogen) atoms. The number of nitrogens with zero attached hydrogens (tertiary/aromatic N) is 2. The van der Waals surface area contributed by atoms with Crippen LogP contribution in [0.25, 0.3) is 0 Å². The average Bonchev–Trinajstić information content (AvgIpc) is 2.60. The third-order valence-corrected chi connectivity index (χ3v) is 5.37. The van der Waals surface area contributed by atoms with Crippen LogP contribution in [0.1, 0.15) is 24.8 Å². The summed E-state index contributed by atoms with van der Waals surface area (Å²) in [5.41, 5.74) is 8.81. The topological polar surface area (TPSA) is 61.6 Å². The van der Waals surface area contributed by atoms with Gasteiger partial charge in [0, 0.05) is 48.4 Å². The van der Waals surface area contributed by atoms with Crippen LogP contribution in [-0.4, -0.2) is 55.0 Å². The van der Waals surface area contributed by atoms with Crippen molar-refractivity contribution in [2.24, 2.45) is 5.73 Å². The van der Waals surface area contributed by atoms with Gasteiger partial charge in [0.15, 0.2) is 0 Å². The summed E-state index contributed by atoms with van der Waals surface area (Å²) in [5, 5.41) is 3.92. The Morgan fingerprint density at radius 1 is 1.24 bits per heavy atom. The number of nitrogens with one attached hydrogen (secondary N) is 1. The lowest BCUT2D eigenvalue weighted by molar-refractivity contribution is -0.118. The highest BCUT2D eigenvalue weighted by Crippen LogP contribution is 2.19. The lowest BCUT2D eigenvalue weighted by Gasteiger charge is -2.32. The Balaban J connectivity index is 1.58. The molecule has 2 heterocycles. The summed E-state index contributed by atoms with van der Waals surface area (Å²) in [5.74, 6) is 0.00728. The number of rotatable bonds is 4. The van der Waals surface area contributed by atoms with Crippen molar-refractivity contribution in [1.82, 2.24) is 15.1 Å². The predicted molar refractivity (Wildman–Crippen MR) is 101 cm³/mol. The Labute approximate surface area is 154 Å². The number of hydrogen-bond acceptors (Lipinski definition) is 4. The zero-order valence-electron chi connectivity index (χ0n) is 14.8. The first-order chi connectivity index (χ1) is 12.0. The fraction of sp³-hybridized carbons (Fsp3) is 0.526. The predicted octanol–water partition coefficient (Wildman–Crippen LogP) is 1.97. The smallest absolute Gasteiger partial charge is 0.250 e. The van der Waals surface area contributed by atoms with E-state index in [1.165, 1.54) is 5.56 Å². The van der Waals surface area contributed by atoms with E-state index in [0.717, 1.165) is 61.7 Å². The molecule has 0 unspecified atom stereocenters. The Morgan fingerprint density at radius 2 is 1.92 bits per heavy atom. The van der Waals surface area contributed by atoms with E-state index < -0.39 is 0 Å². The third-order valence-electron chi connectivity index (χ3n) is 5.11. The minimum absolute atomic E-state index is 0.00728. The van der Waals surface area contributed by atoms with Crippen molar-refractivity contribution in [2.45, 2.75) is 31.8 Å². The van der Waals surface area contributed by atoms with Gasteiger partial charge in [-0.3, -0.25) is 9.69 Å². The van der Waals surface area contributed by atoms with Gasteiger partial charge in [-0.15, -0.1) is 0 Å². The van der Waals surface area contributed by atoms with Gasteiger partial charge in [-0.2, -0.15) is 0 Å². The van der Waals surface area contributed by atoms with Crippen molar-refractivity contribution in [3.63, 3.8) is 0 Å². The summed E-state index contributed by atoms with van der Waals surface area (Å²) in [4.78, 5) is 17.3. The lowest BCUT2D eigenvalue weighted by Crippen LogP contribution is -2.46. The fourth-order valence-electron chi connectivity index (χ4n) is 3.46. The van der Waals surface area contributed by atoms with Crippen molar-refractivity contribution in [2.75, 3.05) is 33.2 Å². The normalized spacial score (nSPS) is 20.7. The maximum Gasteiger partial charge on any atom is 0.250 e. The van der Waals surface area contributed by atoms with Crippen LogP contribution >= 0.6 is 11.6 Å². The summed E-state index contributed by atoms with van der Waals surface area (Å²) >= 11 is 5.95. The Morgan fingerprint density at radius 3 is 2.60 bits per heavy atom. The van der Waals surface area contributed by atoms with Gasteiger partial charge in [0.2, 0.25) is 5.91 Å². The van der Waals surface area contributed by atoms with Crippen LogP contribution in [0.15, 0.2) is 35.5 Å². The summed E-state index contributed by atoms with van der Waals surface area (Å²) in [6, 6.07) is 8.12. The van der Waals surface area contributed by atoms with E-state index in [9.17, 15) is 4.79 Å². The van der Waals surface area contributed by atoms with Crippen molar-refractivity contribution < 1.29 is 4.79 Å². The van der Waals surface area contributed by atoms with Crippen LogP contribution in [0.5, 0.6) is 0 Å². The number of benzene rings is 1. The molecule has 3 N–H and O–H groups in total. The molecule has 0 saturated carbocycles. The molecule has 0 spiro atoms. The van der Waals surface area contributed by atoms with Gasteiger partial charge in [0.05, 0.1) is 0 Å². The van der Waals surface area contributed by atoms with E-state index >= 15 is 0 Å². The van der Waals surface area contributed by atoms with Gasteiger partial charge < -0.3 is 16.0 Å². The van der Waals surface area contributed by atoms with E-state index in [1.54, 1.807) is 0 Å². The van der Waals surface area contributed by atoms with Crippen LogP contribution < -0.4 is 11.1 Å². The molecule has 6 heteroatoms. The number of carbonyl (C=O) groups is 1. The average molecular weight is 363 g/mol. The molecule has 0 bridgehead atoms. The molecule has 1 fully saturated rings. The van der Waals surface area contributed by atoms with Gasteiger partial charge in [-0.25, -0.2) is 0 Å². The number of piperidine rings is 1. The first-order valence-corrected chi connectivity index (χ1v) is 9.33. The fourth-order valence-corrected chi connectivity index (χ4v) is 3.59. The second-order valence-corrected chi connectivity index (χ2v) is 7.58. The second kappa shape index (κ2) is 8.21.